The fourth-order valence-electron chi connectivity index (χ4n) is 2.95. The van der Waals surface area contributed by atoms with Crippen molar-refractivity contribution in [3.05, 3.63) is 70.2 Å². The summed E-state index contributed by atoms with van der Waals surface area (Å²) < 4.78 is 0. The summed E-state index contributed by atoms with van der Waals surface area (Å²) in [6.07, 6.45) is 0. The van der Waals surface area contributed by atoms with Gasteiger partial charge in [-0.15, -0.1) is 0 Å². The summed E-state index contributed by atoms with van der Waals surface area (Å²) in [5, 5.41) is 12.6. The van der Waals surface area contributed by atoms with Gasteiger partial charge in [-0.2, -0.15) is 5.26 Å². The van der Waals surface area contributed by atoms with Crippen molar-refractivity contribution in [1.29, 1.82) is 5.26 Å². The highest BCUT2D eigenvalue weighted by atomic mass is 35.5. The third kappa shape index (κ3) is 5.08. The van der Waals surface area contributed by atoms with Crippen molar-refractivity contribution in [1.82, 2.24) is 10.2 Å². The van der Waals surface area contributed by atoms with Gasteiger partial charge >= 0.3 is 0 Å². The fraction of sp³-hybridized carbons (Fsp3) is 0.333. The molecule has 0 saturated heterocycles. The van der Waals surface area contributed by atoms with Crippen molar-refractivity contribution in [2.45, 2.75) is 32.9 Å². The monoisotopic (exact) mass is 369 g/mol. The summed E-state index contributed by atoms with van der Waals surface area (Å²) in [7, 11) is 0. The number of hydrogen-bond donors (Lipinski definition) is 1. The lowest BCUT2D eigenvalue weighted by Gasteiger charge is -2.28. The molecule has 0 aliphatic carbocycles. The van der Waals surface area contributed by atoms with Crippen molar-refractivity contribution >= 4 is 17.5 Å². The second kappa shape index (κ2) is 9.38. The minimum atomic E-state index is -0.153. The van der Waals surface area contributed by atoms with Gasteiger partial charge < -0.3 is 5.32 Å². The molecule has 136 valence electrons. The van der Waals surface area contributed by atoms with Crippen LogP contribution in [0.2, 0.25) is 5.02 Å². The third-order valence-corrected chi connectivity index (χ3v) is 4.92. The molecular formula is C21H24ClN3O. The highest BCUT2D eigenvalue weighted by Crippen LogP contribution is 2.23. The van der Waals surface area contributed by atoms with Gasteiger partial charge in [0.2, 0.25) is 5.91 Å². The zero-order valence-corrected chi connectivity index (χ0v) is 16.1. The first-order valence-electron chi connectivity index (χ1n) is 8.74. The Morgan fingerprint density at radius 2 is 1.85 bits per heavy atom. The fourth-order valence-corrected chi connectivity index (χ4v) is 3.24. The lowest BCUT2D eigenvalue weighted by molar-refractivity contribution is -0.123. The van der Waals surface area contributed by atoms with E-state index in [1.807, 2.05) is 50.2 Å². The van der Waals surface area contributed by atoms with E-state index in [9.17, 15) is 4.79 Å². The normalized spacial score (nSPS) is 13.1. The van der Waals surface area contributed by atoms with E-state index in [4.69, 9.17) is 16.9 Å². The highest BCUT2D eigenvalue weighted by Gasteiger charge is 2.19. The van der Waals surface area contributed by atoms with Crippen molar-refractivity contribution < 1.29 is 4.79 Å². The molecule has 0 bridgehead atoms. The Morgan fingerprint density at radius 3 is 2.42 bits per heavy atom. The number of carbonyl (C=O) groups excluding carboxylic acids is 1. The van der Waals surface area contributed by atoms with Crippen molar-refractivity contribution in [2.24, 2.45) is 0 Å². The molecule has 1 N–H and O–H groups in total. The molecule has 0 aliphatic rings. The summed E-state index contributed by atoms with van der Waals surface area (Å²) in [6, 6.07) is 17.1. The standard InChI is InChI=1S/C21H24ClN3O/c1-4-25(16(3)18-11-9-17(13-23)10-12-18)14-21(26)24-15(2)19-7-5-6-8-20(19)22/h5-12,15-16H,4,14H2,1-3H3,(H,24,26). The van der Waals surface area contributed by atoms with Gasteiger partial charge in [-0.1, -0.05) is 48.9 Å². The number of benzene rings is 2. The average Bonchev–Trinajstić information content (AvgIpc) is 2.65. The molecule has 4 nitrogen and oxygen atoms in total. The Hall–Kier alpha value is -2.35. The van der Waals surface area contributed by atoms with Gasteiger partial charge in [0.1, 0.15) is 0 Å². The van der Waals surface area contributed by atoms with E-state index in [-0.39, 0.29) is 18.0 Å². The van der Waals surface area contributed by atoms with Crippen LogP contribution < -0.4 is 5.32 Å². The van der Waals surface area contributed by atoms with Crippen LogP contribution in [-0.4, -0.2) is 23.9 Å². The van der Waals surface area contributed by atoms with Gasteiger partial charge in [-0.25, -0.2) is 0 Å². The molecule has 0 heterocycles. The third-order valence-electron chi connectivity index (χ3n) is 4.57. The minimum absolute atomic E-state index is 0.0419. The van der Waals surface area contributed by atoms with Gasteiger partial charge in [0.05, 0.1) is 24.2 Å². The smallest absolute Gasteiger partial charge is 0.234 e. The number of likely N-dealkylation sites (N-methyl/N-ethyl adjacent to an activating group) is 1. The van der Waals surface area contributed by atoms with Crippen LogP contribution in [0.3, 0.4) is 0 Å². The molecular weight excluding hydrogens is 346 g/mol. The second-order valence-electron chi connectivity index (χ2n) is 6.28. The molecule has 2 aromatic rings. The van der Waals surface area contributed by atoms with Crippen LogP contribution in [0.1, 0.15) is 49.5 Å². The van der Waals surface area contributed by atoms with E-state index in [0.29, 0.717) is 17.1 Å². The summed E-state index contributed by atoms with van der Waals surface area (Å²) in [6.45, 7) is 7.07. The van der Waals surface area contributed by atoms with Crippen LogP contribution in [0.15, 0.2) is 48.5 Å². The number of hydrogen-bond acceptors (Lipinski definition) is 3. The number of amides is 1. The average molecular weight is 370 g/mol. The van der Waals surface area contributed by atoms with Crippen LogP contribution >= 0.6 is 11.6 Å². The van der Waals surface area contributed by atoms with Gasteiger partial charge in [-0.05, 0) is 49.7 Å². The molecule has 0 aromatic heterocycles. The maximum atomic E-state index is 12.5. The van der Waals surface area contributed by atoms with E-state index in [1.165, 1.54) is 0 Å². The Morgan fingerprint density at radius 1 is 1.19 bits per heavy atom. The van der Waals surface area contributed by atoms with Crippen LogP contribution in [0, 0.1) is 11.3 Å². The number of nitrogens with zero attached hydrogens (tertiary/aromatic N) is 2. The SMILES string of the molecule is CCN(CC(=O)NC(C)c1ccccc1Cl)C(C)c1ccc(C#N)cc1. The molecule has 2 unspecified atom stereocenters. The van der Waals surface area contributed by atoms with Gasteiger partial charge in [0, 0.05) is 11.1 Å². The zero-order chi connectivity index (χ0) is 19.1. The van der Waals surface area contributed by atoms with Crippen LogP contribution in [0.5, 0.6) is 0 Å². The highest BCUT2D eigenvalue weighted by molar-refractivity contribution is 6.31. The Labute approximate surface area is 160 Å². The first-order chi connectivity index (χ1) is 12.5. The van der Waals surface area contributed by atoms with Crippen LogP contribution in [-0.2, 0) is 4.79 Å². The maximum Gasteiger partial charge on any atom is 0.234 e. The summed E-state index contributed by atoms with van der Waals surface area (Å²) in [5.74, 6) is -0.0419. The molecule has 0 radical (unpaired) electrons. The summed E-state index contributed by atoms with van der Waals surface area (Å²) in [5.41, 5.74) is 2.62. The summed E-state index contributed by atoms with van der Waals surface area (Å²) in [4.78, 5) is 14.6. The molecule has 2 rings (SSSR count). The Balaban J connectivity index is 2.00. The number of nitriles is 1. The van der Waals surface area contributed by atoms with Crippen molar-refractivity contribution in [3.8, 4) is 6.07 Å². The van der Waals surface area contributed by atoms with Gasteiger partial charge in [-0.3, -0.25) is 9.69 Å². The van der Waals surface area contributed by atoms with E-state index in [2.05, 4.69) is 23.2 Å². The zero-order valence-electron chi connectivity index (χ0n) is 15.4. The predicted octanol–water partition coefficient (Wildman–Crippen LogP) is 4.47. The van der Waals surface area contributed by atoms with Crippen LogP contribution in [0.25, 0.3) is 0 Å². The number of rotatable bonds is 7. The molecule has 2 aromatic carbocycles. The van der Waals surface area contributed by atoms with Crippen molar-refractivity contribution in [3.63, 3.8) is 0 Å². The van der Waals surface area contributed by atoms with Gasteiger partial charge in [0.15, 0.2) is 0 Å². The molecule has 0 spiro atoms. The van der Waals surface area contributed by atoms with Crippen LogP contribution in [0.4, 0.5) is 0 Å². The first kappa shape index (κ1) is 20.0. The van der Waals surface area contributed by atoms with E-state index in [0.717, 1.165) is 17.7 Å². The molecule has 26 heavy (non-hydrogen) atoms. The Bertz CT molecular complexity index is 783. The van der Waals surface area contributed by atoms with E-state index >= 15 is 0 Å². The van der Waals surface area contributed by atoms with E-state index < -0.39 is 0 Å². The maximum absolute atomic E-state index is 12.5. The van der Waals surface area contributed by atoms with Crippen molar-refractivity contribution in [2.75, 3.05) is 13.1 Å². The number of carbonyl (C=O) groups is 1. The lowest BCUT2D eigenvalue weighted by atomic mass is 10.0. The topological polar surface area (TPSA) is 56.1 Å². The molecule has 0 aliphatic heterocycles. The molecule has 2 atom stereocenters. The molecule has 0 fully saturated rings. The second-order valence-corrected chi connectivity index (χ2v) is 6.69. The molecule has 0 saturated carbocycles. The number of nitrogens with one attached hydrogen (secondary N) is 1. The lowest BCUT2D eigenvalue weighted by Crippen LogP contribution is -2.39. The molecule has 1 amide bonds. The largest absolute Gasteiger partial charge is 0.348 e. The number of halogens is 1. The summed E-state index contributed by atoms with van der Waals surface area (Å²) >= 11 is 6.21. The minimum Gasteiger partial charge on any atom is -0.348 e. The van der Waals surface area contributed by atoms with E-state index in [1.54, 1.807) is 12.1 Å². The molecule has 5 heteroatoms. The predicted molar refractivity (Wildman–Crippen MR) is 105 cm³/mol. The van der Waals surface area contributed by atoms with Gasteiger partial charge in [0.25, 0.3) is 0 Å². The first-order valence-corrected chi connectivity index (χ1v) is 9.12. The quantitative estimate of drug-likeness (QED) is 0.783. The Kier molecular flexibility index (Phi) is 7.20.